The van der Waals surface area contributed by atoms with E-state index < -0.39 is 5.97 Å². The average molecular weight is 117 g/mol. The zero-order chi connectivity index (χ0) is 5.98. The molecule has 0 saturated carbocycles. The quantitative estimate of drug-likeness (QED) is 0.501. The minimum absolute atomic E-state index is 0.269. The third-order valence-corrected chi connectivity index (χ3v) is 1.36. The molecule has 2 N–H and O–H groups in total. The lowest BCUT2D eigenvalue weighted by atomic mass is 10.3. The summed E-state index contributed by atoms with van der Waals surface area (Å²) in [7, 11) is 0. The Hall–Kier alpha value is -0.570. The zero-order valence-corrected chi connectivity index (χ0v) is 4.55. The first kappa shape index (κ1) is 5.56. The lowest BCUT2D eigenvalue weighted by Crippen LogP contribution is -2.29. The van der Waals surface area contributed by atoms with E-state index in [1.165, 1.54) is 0 Å². The van der Waals surface area contributed by atoms with Gasteiger partial charge in [0, 0.05) is 0 Å². The van der Waals surface area contributed by atoms with Crippen molar-refractivity contribution in [1.29, 1.82) is 0 Å². The summed E-state index contributed by atoms with van der Waals surface area (Å²) in [6.45, 7) is 0.858. The van der Waals surface area contributed by atoms with Crippen LogP contribution in [0.25, 0.3) is 0 Å². The molecule has 1 heterocycles. The molecule has 1 aliphatic heterocycles. The monoisotopic (exact) mass is 117 g/mol. The van der Waals surface area contributed by atoms with Gasteiger partial charge in [-0.3, -0.25) is 4.79 Å². The van der Waals surface area contributed by atoms with E-state index in [-0.39, 0.29) is 6.04 Å². The minimum Gasteiger partial charge on any atom is -0.480 e. The van der Waals surface area contributed by atoms with Gasteiger partial charge in [-0.25, -0.2) is 0 Å². The number of aliphatic carboxylic acids is 1. The molecule has 46 valence electrons. The predicted molar refractivity (Wildman–Crippen MR) is 28.7 cm³/mol. The highest BCUT2D eigenvalue weighted by molar-refractivity contribution is 5.73. The molecule has 0 aliphatic carbocycles. The van der Waals surface area contributed by atoms with Crippen molar-refractivity contribution in [3.8, 4) is 0 Å². The number of nitrogens with one attached hydrogen (secondary N) is 1. The van der Waals surface area contributed by atoms with Crippen molar-refractivity contribution in [2.45, 2.75) is 18.9 Å². The molecule has 0 bridgehead atoms. The van der Waals surface area contributed by atoms with Gasteiger partial charge in [0.15, 0.2) is 0 Å². The van der Waals surface area contributed by atoms with Crippen LogP contribution in [0.3, 0.4) is 0 Å². The highest BCUT2D eigenvalue weighted by Crippen LogP contribution is 2.03. The molecule has 0 radical (unpaired) electrons. The molecule has 1 unspecified atom stereocenters. The molecule has 1 saturated heterocycles. The summed E-state index contributed by atoms with van der Waals surface area (Å²) >= 11 is 0. The highest BCUT2D eigenvalue weighted by Gasteiger charge is 2.20. The van der Waals surface area contributed by atoms with Gasteiger partial charge in [0.2, 0.25) is 0 Å². The Morgan fingerprint density at radius 3 is 2.75 bits per heavy atom. The van der Waals surface area contributed by atoms with Gasteiger partial charge >= 0.3 is 5.97 Å². The van der Waals surface area contributed by atoms with Crippen LogP contribution in [-0.4, -0.2) is 23.7 Å². The largest absolute Gasteiger partial charge is 0.480 e. The molecule has 1 fully saturated rings. The van der Waals surface area contributed by atoms with Gasteiger partial charge in [0.1, 0.15) is 6.04 Å². The molecule has 3 heteroatoms. The van der Waals surface area contributed by atoms with Crippen molar-refractivity contribution in [2.24, 2.45) is 0 Å². The van der Waals surface area contributed by atoms with Crippen molar-refractivity contribution >= 4 is 5.97 Å². The highest BCUT2D eigenvalue weighted by atomic mass is 16.6. The normalized spacial score (nSPS) is 28.2. The third-order valence-electron chi connectivity index (χ3n) is 1.36. The fourth-order valence-electron chi connectivity index (χ4n) is 0.895. The Morgan fingerprint density at radius 2 is 2.50 bits per heavy atom. The van der Waals surface area contributed by atoms with Gasteiger partial charge in [-0.15, -0.1) is 0 Å². The van der Waals surface area contributed by atoms with Crippen LogP contribution in [0, 0.1) is 0 Å². The molecule has 0 aromatic rings. The molecule has 1 aliphatic rings. The van der Waals surface area contributed by atoms with E-state index in [4.69, 9.17) is 5.11 Å². The maximum absolute atomic E-state index is 10.1. The van der Waals surface area contributed by atoms with E-state index >= 15 is 0 Å². The van der Waals surface area contributed by atoms with Crippen LogP contribution < -0.4 is 5.32 Å². The maximum atomic E-state index is 10.1. The van der Waals surface area contributed by atoms with Crippen LogP contribution in [0.5, 0.6) is 0 Å². The molecule has 3 nitrogen and oxygen atoms in total. The van der Waals surface area contributed by atoms with Gasteiger partial charge in [-0.05, 0) is 19.4 Å². The van der Waals surface area contributed by atoms with Crippen LogP contribution >= 0.6 is 0 Å². The van der Waals surface area contributed by atoms with Crippen molar-refractivity contribution in [3.63, 3.8) is 0 Å². The SMILES string of the molecule is O=[14C](O)C1CCCN1. The molecular formula is C5H9NO2. The summed E-state index contributed by atoms with van der Waals surface area (Å²) in [5, 5.41) is 11.2. The summed E-state index contributed by atoms with van der Waals surface area (Å²) < 4.78 is 0. The summed E-state index contributed by atoms with van der Waals surface area (Å²) in [4.78, 5) is 10.1. The van der Waals surface area contributed by atoms with Crippen LogP contribution in [-0.2, 0) is 4.79 Å². The number of hydrogen-bond acceptors (Lipinski definition) is 2. The summed E-state index contributed by atoms with van der Waals surface area (Å²) in [5.74, 6) is -0.720. The van der Waals surface area contributed by atoms with Gasteiger partial charge < -0.3 is 10.4 Å². The number of hydrogen-bond donors (Lipinski definition) is 2. The smallest absolute Gasteiger partial charge is 0.320 e. The molecule has 1 atom stereocenters. The Balaban J connectivity index is 2.35. The van der Waals surface area contributed by atoms with E-state index in [0.29, 0.717) is 0 Å². The predicted octanol–water partition coefficient (Wildman–Crippen LogP) is -0.177. The second kappa shape index (κ2) is 2.13. The van der Waals surface area contributed by atoms with E-state index in [1.54, 1.807) is 0 Å². The van der Waals surface area contributed by atoms with Crippen molar-refractivity contribution in [1.82, 2.24) is 5.32 Å². The molecule has 0 amide bonds. The van der Waals surface area contributed by atoms with Crippen molar-refractivity contribution in [2.75, 3.05) is 6.54 Å². The van der Waals surface area contributed by atoms with Crippen LogP contribution in [0.15, 0.2) is 0 Å². The molecule has 0 aromatic carbocycles. The van der Waals surface area contributed by atoms with Gasteiger partial charge in [0.25, 0.3) is 0 Å². The van der Waals surface area contributed by atoms with Crippen molar-refractivity contribution in [3.05, 3.63) is 0 Å². The first-order valence-corrected chi connectivity index (χ1v) is 2.77. The van der Waals surface area contributed by atoms with E-state index in [2.05, 4.69) is 5.32 Å². The third kappa shape index (κ3) is 0.980. The van der Waals surface area contributed by atoms with E-state index in [0.717, 1.165) is 19.4 Å². The summed E-state index contributed by atoms with van der Waals surface area (Å²) in [6, 6.07) is -0.269. The lowest BCUT2D eigenvalue weighted by Gasteiger charge is -1.99. The lowest BCUT2D eigenvalue weighted by molar-refractivity contribution is -0.139. The first-order chi connectivity index (χ1) is 3.80. The minimum atomic E-state index is -0.720. The Kier molecular flexibility index (Phi) is 1.48. The number of carboxylic acids is 1. The number of carbonyl (C=O) groups is 1. The van der Waals surface area contributed by atoms with E-state index in [9.17, 15) is 4.79 Å². The van der Waals surface area contributed by atoms with Crippen molar-refractivity contribution < 1.29 is 9.90 Å². The second-order valence-corrected chi connectivity index (χ2v) is 1.99. The topological polar surface area (TPSA) is 49.3 Å². The van der Waals surface area contributed by atoms with Crippen LogP contribution in [0.2, 0.25) is 0 Å². The number of carboxylic acid groups (broad SMARTS) is 1. The maximum Gasteiger partial charge on any atom is 0.320 e. The van der Waals surface area contributed by atoms with Gasteiger partial charge in [0.05, 0.1) is 0 Å². The fourth-order valence-corrected chi connectivity index (χ4v) is 0.895. The molecule has 0 aromatic heterocycles. The van der Waals surface area contributed by atoms with E-state index in [1.807, 2.05) is 0 Å². The van der Waals surface area contributed by atoms with Gasteiger partial charge in [-0.2, -0.15) is 0 Å². The van der Waals surface area contributed by atoms with Crippen LogP contribution in [0.1, 0.15) is 12.8 Å². The first-order valence-electron chi connectivity index (χ1n) is 2.77. The zero-order valence-electron chi connectivity index (χ0n) is 4.55. The van der Waals surface area contributed by atoms with Crippen LogP contribution in [0.4, 0.5) is 0 Å². The fraction of sp³-hybridized carbons (Fsp3) is 0.800. The number of rotatable bonds is 1. The molecule has 0 spiro atoms. The summed E-state index contributed by atoms with van der Waals surface area (Å²) in [6.07, 6.45) is 1.78. The molecular weight excluding hydrogens is 108 g/mol. The summed E-state index contributed by atoms with van der Waals surface area (Å²) in [5.41, 5.74) is 0. The second-order valence-electron chi connectivity index (χ2n) is 1.99. The molecule has 8 heavy (non-hydrogen) atoms. The standard InChI is InChI=1S/C5H9NO2/c7-5(8)4-2-1-3-6-4/h4,6H,1-3H2,(H,7,8)/i5+2. The molecule has 1 rings (SSSR count). The average Bonchev–Trinajstić information content (AvgIpc) is 2.12. The Morgan fingerprint density at radius 1 is 1.75 bits per heavy atom. The Bertz CT molecular complexity index is 96.6. The van der Waals surface area contributed by atoms with Gasteiger partial charge in [-0.1, -0.05) is 0 Å². The Labute approximate surface area is 47.7 Å².